The molecule has 2 N–H and O–H groups in total. The number of esters is 1. The van der Waals surface area contributed by atoms with Crippen LogP contribution in [0.4, 0.5) is 0 Å². The summed E-state index contributed by atoms with van der Waals surface area (Å²) in [5.74, 6) is 0.657. The molecule has 1 saturated heterocycles. The van der Waals surface area contributed by atoms with Gasteiger partial charge in [0.2, 0.25) is 5.91 Å². The molecule has 20 heavy (non-hydrogen) atoms. The average molecular weight is 303 g/mol. The van der Waals surface area contributed by atoms with E-state index < -0.39 is 5.97 Å². The highest BCUT2D eigenvalue weighted by Gasteiger charge is 2.22. The molecule has 1 aliphatic heterocycles. The van der Waals surface area contributed by atoms with Crippen molar-refractivity contribution in [2.75, 3.05) is 20.2 Å². The van der Waals surface area contributed by atoms with Gasteiger partial charge in [-0.3, -0.25) is 4.79 Å². The summed E-state index contributed by atoms with van der Waals surface area (Å²) >= 11 is 0. The Morgan fingerprint density at radius 2 is 2.30 bits per heavy atom. The fourth-order valence-corrected chi connectivity index (χ4v) is 2.14. The molecule has 1 fully saturated rings. The molecule has 0 bridgehead atoms. The summed E-state index contributed by atoms with van der Waals surface area (Å²) in [5, 5.41) is 5.96. The van der Waals surface area contributed by atoms with Gasteiger partial charge in [-0.25, -0.2) is 4.79 Å². The Labute approximate surface area is 123 Å². The number of ether oxygens (including phenoxy) is 1. The third kappa shape index (κ3) is 3.74. The second-order valence-corrected chi connectivity index (χ2v) is 4.58. The maximum Gasteiger partial charge on any atom is 0.341 e. The van der Waals surface area contributed by atoms with Crippen molar-refractivity contribution >= 4 is 24.3 Å². The minimum absolute atomic E-state index is 0. The summed E-state index contributed by atoms with van der Waals surface area (Å²) in [6, 6.07) is 1.61. The van der Waals surface area contributed by atoms with Gasteiger partial charge in [0.25, 0.3) is 0 Å². The first-order valence-corrected chi connectivity index (χ1v) is 6.28. The highest BCUT2D eigenvalue weighted by atomic mass is 35.5. The summed E-state index contributed by atoms with van der Waals surface area (Å²) in [6.07, 6.45) is 0.858. The highest BCUT2D eigenvalue weighted by Crippen LogP contribution is 2.16. The first-order valence-electron chi connectivity index (χ1n) is 6.28. The molecule has 0 saturated carbocycles. The molecule has 112 valence electrons. The lowest BCUT2D eigenvalue weighted by Crippen LogP contribution is -2.31. The SMILES string of the molecule is COC(=O)c1cc(CNC(=O)C2CCNC2)oc1C.Cl. The number of methoxy groups -OCH3 is 1. The van der Waals surface area contributed by atoms with Crippen molar-refractivity contribution in [1.82, 2.24) is 10.6 Å². The van der Waals surface area contributed by atoms with E-state index in [4.69, 9.17) is 4.42 Å². The Morgan fingerprint density at radius 3 is 2.90 bits per heavy atom. The summed E-state index contributed by atoms with van der Waals surface area (Å²) < 4.78 is 10.1. The van der Waals surface area contributed by atoms with Crippen molar-refractivity contribution in [1.29, 1.82) is 0 Å². The molecule has 0 aliphatic carbocycles. The lowest BCUT2D eigenvalue weighted by molar-refractivity contribution is -0.124. The molecule has 7 heteroatoms. The van der Waals surface area contributed by atoms with Gasteiger partial charge in [0, 0.05) is 6.54 Å². The molecule has 6 nitrogen and oxygen atoms in total. The van der Waals surface area contributed by atoms with Gasteiger partial charge in [-0.05, 0) is 26.0 Å². The van der Waals surface area contributed by atoms with Crippen LogP contribution in [0.1, 0.15) is 28.3 Å². The number of amides is 1. The third-order valence-electron chi connectivity index (χ3n) is 3.24. The smallest absolute Gasteiger partial charge is 0.341 e. The number of hydrogen-bond donors (Lipinski definition) is 2. The molecule has 2 rings (SSSR count). The predicted octanol–water partition coefficient (Wildman–Crippen LogP) is 1.02. The van der Waals surface area contributed by atoms with Crippen LogP contribution in [0.5, 0.6) is 0 Å². The number of aryl methyl sites for hydroxylation is 1. The monoisotopic (exact) mass is 302 g/mol. The fourth-order valence-electron chi connectivity index (χ4n) is 2.14. The van der Waals surface area contributed by atoms with Crippen LogP contribution in [-0.2, 0) is 16.1 Å². The Balaban J connectivity index is 0.00000200. The van der Waals surface area contributed by atoms with Crippen LogP contribution in [0.2, 0.25) is 0 Å². The molecular weight excluding hydrogens is 284 g/mol. The molecule has 0 radical (unpaired) electrons. The fraction of sp³-hybridized carbons (Fsp3) is 0.538. The van der Waals surface area contributed by atoms with Gasteiger partial charge in [0.15, 0.2) is 0 Å². The van der Waals surface area contributed by atoms with Gasteiger partial charge in [-0.15, -0.1) is 12.4 Å². The Kier molecular flexibility index (Phi) is 6.04. The van der Waals surface area contributed by atoms with Crippen LogP contribution in [0.3, 0.4) is 0 Å². The number of hydrogen-bond acceptors (Lipinski definition) is 5. The molecule has 1 amide bonds. The van der Waals surface area contributed by atoms with Crippen molar-refractivity contribution < 1.29 is 18.7 Å². The first kappa shape index (κ1) is 16.5. The molecule has 0 spiro atoms. The lowest BCUT2D eigenvalue weighted by Gasteiger charge is -2.08. The number of halogens is 1. The van der Waals surface area contributed by atoms with Gasteiger partial charge >= 0.3 is 5.97 Å². The van der Waals surface area contributed by atoms with Crippen molar-refractivity contribution in [3.63, 3.8) is 0 Å². The normalized spacial score (nSPS) is 17.4. The summed E-state index contributed by atoms with van der Waals surface area (Å²) in [7, 11) is 1.32. The zero-order valence-electron chi connectivity index (χ0n) is 11.5. The number of furan rings is 1. The quantitative estimate of drug-likeness (QED) is 0.812. The number of carbonyl (C=O) groups is 2. The Bertz CT molecular complexity index is 481. The highest BCUT2D eigenvalue weighted by molar-refractivity contribution is 5.90. The van der Waals surface area contributed by atoms with E-state index in [0.717, 1.165) is 19.5 Å². The molecule has 0 aromatic carbocycles. The van der Waals surface area contributed by atoms with E-state index in [1.807, 2.05) is 0 Å². The number of nitrogens with one attached hydrogen (secondary N) is 2. The van der Waals surface area contributed by atoms with Crippen LogP contribution >= 0.6 is 12.4 Å². The van der Waals surface area contributed by atoms with E-state index in [1.54, 1.807) is 13.0 Å². The maximum atomic E-state index is 11.8. The van der Waals surface area contributed by atoms with Crippen molar-refractivity contribution in [2.45, 2.75) is 19.9 Å². The van der Waals surface area contributed by atoms with Gasteiger partial charge < -0.3 is 19.8 Å². The summed E-state index contributed by atoms with van der Waals surface area (Å²) in [5.41, 5.74) is 0.397. The minimum atomic E-state index is -0.432. The summed E-state index contributed by atoms with van der Waals surface area (Å²) in [6.45, 7) is 3.58. The molecule has 1 unspecified atom stereocenters. The third-order valence-corrected chi connectivity index (χ3v) is 3.24. The molecule has 1 aromatic rings. The summed E-state index contributed by atoms with van der Waals surface area (Å²) in [4.78, 5) is 23.2. The second-order valence-electron chi connectivity index (χ2n) is 4.58. The van der Waals surface area contributed by atoms with Gasteiger partial charge in [-0.2, -0.15) is 0 Å². The van der Waals surface area contributed by atoms with Gasteiger partial charge in [0.1, 0.15) is 17.1 Å². The van der Waals surface area contributed by atoms with Crippen molar-refractivity contribution in [3.05, 3.63) is 23.2 Å². The van der Waals surface area contributed by atoms with E-state index in [-0.39, 0.29) is 30.8 Å². The Hall–Kier alpha value is -1.53. The van der Waals surface area contributed by atoms with E-state index in [2.05, 4.69) is 15.4 Å². The number of carbonyl (C=O) groups excluding carboxylic acids is 2. The molecule has 1 atom stereocenters. The molecular formula is C13H19ClN2O4. The molecule has 2 heterocycles. The zero-order valence-corrected chi connectivity index (χ0v) is 12.3. The van der Waals surface area contributed by atoms with Gasteiger partial charge in [0.05, 0.1) is 19.6 Å². The lowest BCUT2D eigenvalue weighted by atomic mass is 10.1. The van der Waals surface area contributed by atoms with Crippen molar-refractivity contribution in [3.8, 4) is 0 Å². The van der Waals surface area contributed by atoms with Crippen molar-refractivity contribution in [2.24, 2.45) is 5.92 Å². The van der Waals surface area contributed by atoms with E-state index in [0.29, 0.717) is 17.1 Å². The van der Waals surface area contributed by atoms with Crippen LogP contribution in [-0.4, -0.2) is 32.1 Å². The minimum Gasteiger partial charge on any atom is -0.465 e. The first-order chi connectivity index (χ1) is 9.11. The molecule has 1 aliphatic rings. The standard InChI is InChI=1S/C13H18N2O4.ClH/c1-8-11(13(17)18-2)5-10(19-8)7-15-12(16)9-3-4-14-6-9;/h5,9,14H,3-4,6-7H2,1-2H3,(H,15,16);1H. The number of rotatable bonds is 4. The second kappa shape index (κ2) is 7.31. The molecule has 1 aromatic heterocycles. The Morgan fingerprint density at radius 1 is 1.55 bits per heavy atom. The predicted molar refractivity (Wildman–Crippen MR) is 74.9 cm³/mol. The topological polar surface area (TPSA) is 80.6 Å². The zero-order chi connectivity index (χ0) is 13.8. The average Bonchev–Trinajstić information content (AvgIpc) is 3.04. The van der Waals surface area contributed by atoms with Crippen LogP contribution in [0, 0.1) is 12.8 Å². The van der Waals surface area contributed by atoms with Gasteiger partial charge in [-0.1, -0.05) is 0 Å². The maximum absolute atomic E-state index is 11.8. The van der Waals surface area contributed by atoms with Crippen LogP contribution in [0.25, 0.3) is 0 Å². The van der Waals surface area contributed by atoms with Crippen LogP contribution < -0.4 is 10.6 Å². The van der Waals surface area contributed by atoms with Crippen LogP contribution in [0.15, 0.2) is 10.5 Å². The largest absolute Gasteiger partial charge is 0.465 e. The van der Waals surface area contributed by atoms with E-state index >= 15 is 0 Å². The van der Waals surface area contributed by atoms with E-state index in [1.165, 1.54) is 7.11 Å². The van der Waals surface area contributed by atoms with E-state index in [9.17, 15) is 9.59 Å².